The van der Waals surface area contributed by atoms with E-state index in [-0.39, 0.29) is 23.7 Å². The van der Waals surface area contributed by atoms with Gasteiger partial charge < -0.3 is 15.0 Å². The third-order valence-electron chi connectivity index (χ3n) is 4.89. The SMILES string of the molecule is C=C(C)[C@@H]1OCC[C@@H]1CNC(=O)c1[nH]c2c(c1C)C(=O)CCC2. The van der Waals surface area contributed by atoms with Crippen LogP contribution in [0.3, 0.4) is 0 Å². The van der Waals surface area contributed by atoms with Crippen molar-refractivity contribution in [1.82, 2.24) is 10.3 Å². The number of fused-ring (bicyclic) bond motifs is 1. The molecule has 1 aliphatic carbocycles. The van der Waals surface area contributed by atoms with Crippen LogP contribution in [0.4, 0.5) is 0 Å². The van der Waals surface area contributed by atoms with E-state index in [1.54, 1.807) is 0 Å². The van der Waals surface area contributed by atoms with Gasteiger partial charge in [-0.15, -0.1) is 0 Å². The Morgan fingerprint density at radius 1 is 1.43 bits per heavy atom. The molecule has 2 aliphatic rings. The third-order valence-corrected chi connectivity index (χ3v) is 4.89. The zero-order valence-corrected chi connectivity index (χ0v) is 13.8. The van der Waals surface area contributed by atoms with Crippen LogP contribution in [0, 0.1) is 12.8 Å². The highest BCUT2D eigenvalue weighted by Crippen LogP contribution is 2.27. The number of hydrogen-bond acceptors (Lipinski definition) is 3. The van der Waals surface area contributed by atoms with Crippen LogP contribution < -0.4 is 5.32 Å². The maximum absolute atomic E-state index is 12.5. The molecule has 1 aromatic rings. The predicted octanol–water partition coefficient (Wildman–Crippen LogP) is 2.55. The Kier molecular flexibility index (Phi) is 4.39. The van der Waals surface area contributed by atoms with Gasteiger partial charge in [-0.1, -0.05) is 12.2 Å². The number of aromatic amines is 1. The number of amides is 1. The van der Waals surface area contributed by atoms with Crippen molar-refractivity contribution in [3.05, 3.63) is 34.7 Å². The number of H-pyrrole nitrogens is 1. The summed E-state index contributed by atoms with van der Waals surface area (Å²) < 4.78 is 5.67. The van der Waals surface area contributed by atoms with Gasteiger partial charge in [0.1, 0.15) is 5.69 Å². The summed E-state index contributed by atoms with van der Waals surface area (Å²) >= 11 is 0. The zero-order chi connectivity index (χ0) is 16.6. The Balaban J connectivity index is 1.70. The van der Waals surface area contributed by atoms with Crippen LogP contribution >= 0.6 is 0 Å². The number of carbonyl (C=O) groups is 2. The summed E-state index contributed by atoms with van der Waals surface area (Å²) in [4.78, 5) is 27.7. The molecule has 1 amide bonds. The first-order chi connectivity index (χ1) is 11.0. The van der Waals surface area contributed by atoms with E-state index in [0.29, 0.717) is 25.3 Å². The van der Waals surface area contributed by atoms with Crippen LogP contribution in [0.5, 0.6) is 0 Å². The molecule has 1 aliphatic heterocycles. The van der Waals surface area contributed by atoms with E-state index in [1.807, 2.05) is 13.8 Å². The van der Waals surface area contributed by atoms with Gasteiger partial charge in [-0.25, -0.2) is 0 Å². The second-order valence-corrected chi connectivity index (χ2v) is 6.65. The number of rotatable bonds is 4. The average molecular weight is 316 g/mol. The highest BCUT2D eigenvalue weighted by atomic mass is 16.5. The van der Waals surface area contributed by atoms with Crippen LogP contribution in [0.2, 0.25) is 0 Å². The van der Waals surface area contributed by atoms with E-state index in [2.05, 4.69) is 16.9 Å². The van der Waals surface area contributed by atoms with Crippen LogP contribution in [0.1, 0.15) is 58.3 Å². The van der Waals surface area contributed by atoms with E-state index in [0.717, 1.165) is 41.7 Å². The van der Waals surface area contributed by atoms with Gasteiger partial charge in [0.05, 0.1) is 6.10 Å². The summed E-state index contributed by atoms with van der Waals surface area (Å²) in [6.07, 6.45) is 3.22. The van der Waals surface area contributed by atoms with Gasteiger partial charge in [0.2, 0.25) is 0 Å². The molecule has 0 unspecified atom stereocenters. The Bertz CT molecular complexity index is 659. The maximum atomic E-state index is 12.5. The zero-order valence-electron chi connectivity index (χ0n) is 13.8. The van der Waals surface area contributed by atoms with Gasteiger partial charge in [-0.05, 0) is 38.7 Å². The fraction of sp³-hybridized carbons (Fsp3) is 0.556. The van der Waals surface area contributed by atoms with Gasteiger partial charge in [-0.3, -0.25) is 9.59 Å². The summed E-state index contributed by atoms with van der Waals surface area (Å²) in [6, 6.07) is 0. The summed E-state index contributed by atoms with van der Waals surface area (Å²) in [6.45, 7) is 9.04. The number of aryl methyl sites for hydroxylation is 1. The number of hydrogen-bond donors (Lipinski definition) is 2. The Morgan fingerprint density at radius 3 is 2.91 bits per heavy atom. The predicted molar refractivity (Wildman–Crippen MR) is 87.8 cm³/mol. The van der Waals surface area contributed by atoms with Gasteiger partial charge in [0.25, 0.3) is 5.91 Å². The first-order valence-corrected chi connectivity index (χ1v) is 8.29. The number of ether oxygens (including phenoxy) is 1. The largest absolute Gasteiger partial charge is 0.374 e. The van der Waals surface area contributed by atoms with Crippen molar-refractivity contribution in [3.63, 3.8) is 0 Å². The van der Waals surface area contributed by atoms with E-state index in [1.165, 1.54) is 0 Å². The van der Waals surface area contributed by atoms with Crippen molar-refractivity contribution in [1.29, 1.82) is 0 Å². The summed E-state index contributed by atoms with van der Waals surface area (Å²) in [5.41, 5.74) is 3.94. The summed E-state index contributed by atoms with van der Waals surface area (Å²) in [5.74, 6) is 0.269. The molecule has 0 spiro atoms. The lowest BCUT2D eigenvalue weighted by atomic mass is 9.93. The molecule has 3 rings (SSSR count). The lowest BCUT2D eigenvalue weighted by Crippen LogP contribution is -2.33. The molecule has 23 heavy (non-hydrogen) atoms. The molecule has 5 heteroatoms. The number of carbonyl (C=O) groups excluding carboxylic acids is 2. The van der Waals surface area contributed by atoms with Gasteiger partial charge in [-0.2, -0.15) is 0 Å². The topological polar surface area (TPSA) is 71.2 Å². The molecule has 2 heterocycles. The normalized spacial score (nSPS) is 23.7. The minimum absolute atomic E-state index is 0.0230. The fourth-order valence-corrected chi connectivity index (χ4v) is 3.70. The first kappa shape index (κ1) is 16.0. The quantitative estimate of drug-likeness (QED) is 0.839. The molecule has 2 N–H and O–H groups in total. The molecule has 0 radical (unpaired) electrons. The minimum atomic E-state index is -0.142. The molecule has 0 saturated carbocycles. The van der Waals surface area contributed by atoms with E-state index in [9.17, 15) is 9.59 Å². The lowest BCUT2D eigenvalue weighted by molar-refractivity contribution is 0.0920. The van der Waals surface area contributed by atoms with Crippen molar-refractivity contribution < 1.29 is 14.3 Å². The van der Waals surface area contributed by atoms with E-state index < -0.39 is 0 Å². The molecular weight excluding hydrogens is 292 g/mol. The summed E-state index contributed by atoms with van der Waals surface area (Å²) in [7, 11) is 0. The van der Waals surface area contributed by atoms with Crippen molar-refractivity contribution in [2.24, 2.45) is 5.92 Å². The number of aromatic nitrogens is 1. The molecule has 1 fully saturated rings. The minimum Gasteiger partial charge on any atom is -0.374 e. The molecule has 1 saturated heterocycles. The van der Waals surface area contributed by atoms with E-state index in [4.69, 9.17) is 4.74 Å². The number of ketones is 1. The van der Waals surface area contributed by atoms with Gasteiger partial charge in [0, 0.05) is 36.7 Å². The third kappa shape index (κ3) is 2.98. The smallest absolute Gasteiger partial charge is 0.268 e. The highest BCUT2D eigenvalue weighted by Gasteiger charge is 2.30. The first-order valence-electron chi connectivity index (χ1n) is 8.29. The Morgan fingerprint density at radius 2 is 2.22 bits per heavy atom. The van der Waals surface area contributed by atoms with Crippen molar-refractivity contribution in [2.75, 3.05) is 13.2 Å². The maximum Gasteiger partial charge on any atom is 0.268 e. The van der Waals surface area contributed by atoms with Gasteiger partial charge in [0.15, 0.2) is 5.78 Å². The monoisotopic (exact) mass is 316 g/mol. The Labute approximate surface area is 136 Å². The van der Waals surface area contributed by atoms with Crippen LogP contribution in [-0.4, -0.2) is 35.9 Å². The highest BCUT2D eigenvalue weighted by molar-refractivity contribution is 6.04. The Hall–Kier alpha value is -1.88. The molecular formula is C18H24N2O3. The van der Waals surface area contributed by atoms with Crippen LogP contribution in [0.15, 0.2) is 12.2 Å². The molecule has 0 bridgehead atoms. The lowest BCUT2D eigenvalue weighted by Gasteiger charge is -2.18. The average Bonchev–Trinajstić information content (AvgIpc) is 3.10. The second-order valence-electron chi connectivity index (χ2n) is 6.65. The van der Waals surface area contributed by atoms with Crippen molar-refractivity contribution in [2.45, 2.75) is 45.6 Å². The molecule has 0 aromatic carbocycles. The second kappa shape index (κ2) is 6.32. The standard InChI is InChI=1S/C18H24N2O3/c1-10(2)17-12(7-8-23-17)9-19-18(22)16-11(3)15-13(20-16)5-4-6-14(15)21/h12,17,20H,1,4-9H2,2-3H3,(H,19,22)/t12-,17+/m1/s1. The summed E-state index contributed by atoms with van der Waals surface area (Å²) in [5, 5.41) is 2.99. The van der Waals surface area contributed by atoms with Gasteiger partial charge >= 0.3 is 0 Å². The van der Waals surface area contributed by atoms with Crippen molar-refractivity contribution >= 4 is 11.7 Å². The van der Waals surface area contributed by atoms with Crippen LogP contribution in [0.25, 0.3) is 0 Å². The van der Waals surface area contributed by atoms with Crippen LogP contribution in [-0.2, 0) is 11.2 Å². The van der Waals surface area contributed by atoms with Crippen molar-refractivity contribution in [3.8, 4) is 0 Å². The molecule has 1 aromatic heterocycles. The fourth-order valence-electron chi connectivity index (χ4n) is 3.70. The number of Topliss-reactive ketones (excluding diaryl/α,β-unsaturated/α-hetero) is 1. The molecule has 2 atom stereocenters. The number of nitrogens with one attached hydrogen (secondary N) is 2. The van der Waals surface area contributed by atoms with E-state index >= 15 is 0 Å². The molecule has 124 valence electrons. The molecule has 5 nitrogen and oxygen atoms in total.